The van der Waals surface area contributed by atoms with Crippen LogP contribution in [0.1, 0.15) is 18.9 Å². The monoisotopic (exact) mass is 311 g/mol. The zero-order chi connectivity index (χ0) is 14.5. The van der Waals surface area contributed by atoms with Gasteiger partial charge >= 0.3 is 0 Å². The highest BCUT2D eigenvalue weighted by molar-refractivity contribution is 6.35. The quantitative estimate of drug-likeness (QED) is 0.836. The molecule has 0 atom stereocenters. The van der Waals surface area contributed by atoms with Crippen molar-refractivity contribution in [3.05, 3.63) is 62.5 Å². The first-order valence-electron chi connectivity index (χ1n) is 6.37. The van der Waals surface area contributed by atoms with Crippen molar-refractivity contribution in [1.29, 1.82) is 0 Å². The molecule has 0 radical (unpaired) electrons. The molecular weight excluding hydrogens is 297 g/mol. The Labute approximate surface area is 127 Å². The lowest BCUT2D eigenvalue weighted by molar-refractivity contribution is 0.316. The van der Waals surface area contributed by atoms with Gasteiger partial charge < -0.3 is 9.30 Å². The average Bonchev–Trinajstić information content (AvgIpc) is 2.42. The van der Waals surface area contributed by atoms with Crippen molar-refractivity contribution in [1.82, 2.24) is 4.57 Å². The Bertz CT molecular complexity index is 653. The third kappa shape index (κ3) is 3.78. The number of benzene rings is 1. The van der Waals surface area contributed by atoms with Crippen LogP contribution in [0.2, 0.25) is 10.0 Å². The third-order valence-corrected chi connectivity index (χ3v) is 3.38. The molecule has 1 aromatic heterocycles. The van der Waals surface area contributed by atoms with Gasteiger partial charge in [0.25, 0.3) is 5.56 Å². The molecule has 106 valence electrons. The summed E-state index contributed by atoms with van der Waals surface area (Å²) in [6.45, 7) is 3.03. The maximum atomic E-state index is 12.0. The SMILES string of the molecule is CCCOc1ccn(Cc2ccc(Cl)cc2Cl)c(=O)c1. The lowest BCUT2D eigenvalue weighted by Crippen LogP contribution is -2.19. The second kappa shape index (κ2) is 6.82. The van der Waals surface area contributed by atoms with Gasteiger partial charge in [-0.3, -0.25) is 4.79 Å². The standard InChI is InChI=1S/C15H15Cl2NO2/c1-2-7-20-13-5-6-18(15(19)9-13)10-11-3-4-12(16)8-14(11)17/h3-6,8-9H,2,7,10H2,1H3. The van der Waals surface area contributed by atoms with Gasteiger partial charge in [-0.1, -0.05) is 36.2 Å². The first-order chi connectivity index (χ1) is 9.60. The van der Waals surface area contributed by atoms with Crippen LogP contribution < -0.4 is 10.3 Å². The summed E-state index contributed by atoms with van der Waals surface area (Å²) in [5.74, 6) is 0.593. The molecule has 0 saturated carbocycles. The number of hydrogen-bond acceptors (Lipinski definition) is 2. The molecule has 0 amide bonds. The molecule has 0 fully saturated rings. The molecule has 1 aromatic carbocycles. The minimum atomic E-state index is -0.121. The Morgan fingerprint density at radius 1 is 1.20 bits per heavy atom. The predicted octanol–water partition coefficient (Wildman–Crippen LogP) is 3.99. The molecule has 20 heavy (non-hydrogen) atoms. The van der Waals surface area contributed by atoms with Crippen molar-refractivity contribution >= 4 is 23.2 Å². The number of nitrogens with zero attached hydrogens (tertiary/aromatic N) is 1. The molecule has 2 aromatic rings. The van der Waals surface area contributed by atoms with E-state index in [0.717, 1.165) is 12.0 Å². The first-order valence-corrected chi connectivity index (χ1v) is 7.13. The molecular formula is C15H15Cl2NO2. The molecule has 5 heteroatoms. The second-order valence-electron chi connectivity index (χ2n) is 4.41. The molecule has 0 N–H and O–H groups in total. The summed E-state index contributed by atoms with van der Waals surface area (Å²) in [7, 11) is 0. The van der Waals surface area contributed by atoms with Crippen LogP contribution in [0.3, 0.4) is 0 Å². The number of pyridine rings is 1. The number of rotatable bonds is 5. The number of aromatic nitrogens is 1. The summed E-state index contributed by atoms with van der Waals surface area (Å²) in [6.07, 6.45) is 2.61. The van der Waals surface area contributed by atoms with E-state index in [9.17, 15) is 4.79 Å². The van der Waals surface area contributed by atoms with Crippen molar-refractivity contribution in [2.24, 2.45) is 0 Å². The Kier molecular flexibility index (Phi) is 5.10. The molecule has 0 spiro atoms. The fourth-order valence-corrected chi connectivity index (χ4v) is 2.23. The van der Waals surface area contributed by atoms with E-state index < -0.39 is 0 Å². The first kappa shape index (κ1) is 14.9. The summed E-state index contributed by atoms with van der Waals surface area (Å²) in [5, 5.41) is 1.13. The van der Waals surface area contributed by atoms with Crippen molar-refractivity contribution in [3.63, 3.8) is 0 Å². The van der Waals surface area contributed by atoms with Crippen LogP contribution in [0.15, 0.2) is 41.3 Å². The van der Waals surface area contributed by atoms with Crippen LogP contribution in [0, 0.1) is 0 Å². The zero-order valence-electron chi connectivity index (χ0n) is 11.1. The topological polar surface area (TPSA) is 31.2 Å². The van der Waals surface area contributed by atoms with E-state index in [-0.39, 0.29) is 5.56 Å². The minimum absolute atomic E-state index is 0.121. The van der Waals surface area contributed by atoms with E-state index in [4.69, 9.17) is 27.9 Å². The van der Waals surface area contributed by atoms with E-state index in [1.807, 2.05) is 13.0 Å². The van der Waals surface area contributed by atoms with Crippen molar-refractivity contribution in [2.45, 2.75) is 19.9 Å². The van der Waals surface area contributed by atoms with Crippen molar-refractivity contribution in [2.75, 3.05) is 6.61 Å². The van der Waals surface area contributed by atoms with Gasteiger partial charge in [-0.2, -0.15) is 0 Å². The van der Waals surface area contributed by atoms with Crippen molar-refractivity contribution < 1.29 is 4.74 Å². The fraction of sp³-hybridized carbons (Fsp3) is 0.267. The summed E-state index contributed by atoms with van der Waals surface area (Å²) < 4.78 is 7.00. The summed E-state index contributed by atoms with van der Waals surface area (Å²) in [6, 6.07) is 8.51. The summed E-state index contributed by atoms with van der Waals surface area (Å²) in [4.78, 5) is 12.0. The van der Waals surface area contributed by atoms with Gasteiger partial charge in [0, 0.05) is 22.3 Å². The Morgan fingerprint density at radius 3 is 2.65 bits per heavy atom. The van der Waals surface area contributed by atoms with E-state index in [0.29, 0.717) is 28.9 Å². The van der Waals surface area contributed by atoms with Gasteiger partial charge in [0.2, 0.25) is 0 Å². The molecule has 0 unspecified atom stereocenters. The minimum Gasteiger partial charge on any atom is -0.493 e. The summed E-state index contributed by atoms with van der Waals surface area (Å²) in [5.41, 5.74) is 0.727. The Morgan fingerprint density at radius 2 is 2.00 bits per heavy atom. The van der Waals surface area contributed by atoms with Crippen LogP contribution >= 0.6 is 23.2 Å². The highest BCUT2D eigenvalue weighted by Gasteiger charge is 2.05. The van der Waals surface area contributed by atoms with Gasteiger partial charge in [-0.15, -0.1) is 0 Å². The Hall–Kier alpha value is -1.45. The zero-order valence-corrected chi connectivity index (χ0v) is 12.6. The van der Waals surface area contributed by atoms with Crippen LogP contribution in [0.25, 0.3) is 0 Å². The van der Waals surface area contributed by atoms with Crippen LogP contribution in [0.4, 0.5) is 0 Å². The normalized spacial score (nSPS) is 10.6. The third-order valence-electron chi connectivity index (χ3n) is 2.80. The van der Waals surface area contributed by atoms with Gasteiger partial charge in [-0.05, 0) is 30.2 Å². The molecule has 0 saturated heterocycles. The van der Waals surface area contributed by atoms with E-state index in [1.165, 1.54) is 6.07 Å². The van der Waals surface area contributed by atoms with E-state index in [2.05, 4.69) is 0 Å². The van der Waals surface area contributed by atoms with Gasteiger partial charge in [0.05, 0.1) is 13.2 Å². The molecule has 0 bridgehead atoms. The van der Waals surface area contributed by atoms with E-state index in [1.54, 1.807) is 29.0 Å². The van der Waals surface area contributed by atoms with Crippen molar-refractivity contribution in [3.8, 4) is 5.75 Å². The van der Waals surface area contributed by atoms with Crippen LogP contribution in [-0.4, -0.2) is 11.2 Å². The smallest absolute Gasteiger partial charge is 0.254 e. The maximum absolute atomic E-state index is 12.0. The largest absolute Gasteiger partial charge is 0.493 e. The number of halogens is 2. The molecule has 2 rings (SSSR count). The number of hydrogen-bond donors (Lipinski definition) is 0. The number of ether oxygens (including phenoxy) is 1. The van der Waals surface area contributed by atoms with Crippen LogP contribution in [0.5, 0.6) is 5.75 Å². The average molecular weight is 312 g/mol. The van der Waals surface area contributed by atoms with E-state index >= 15 is 0 Å². The molecule has 0 aliphatic rings. The lowest BCUT2D eigenvalue weighted by atomic mass is 10.2. The molecule has 0 aliphatic carbocycles. The van der Waals surface area contributed by atoms with Gasteiger partial charge in [-0.25, -0.2) is 0 Å². The molecule has 1 heterocycles. The Balaban J connectivity index is 2.19. The summed E-state index contributed by atoms with van der Waals surface area (Å²) >= 11 is 12.0. The van der Waals surface area contributed by atoms with Gasteiger partial charge in [0.1, 0.15) is 5.75 Å². The molecule has 0 aliphatic heterocycles. The highest BCUT2D eigenvalue weighted by atomic mass is 35.5. The van der Waals surface area contributed by atoms with Crippen LogP contribution in [-0.2, 0) is 6.54 Å². The second-order valence-corrected chi connectivity index (χ2v) is 5.26. The lowest BCUT2D eigenvalue weighted by Gasteiger charge is -2.09. The predicted molar refractivity (Wildman–Crippen MR) is 82.1 cm³/mol. The maximum Gasteiger partial charge on any atom is 0.254 e. The van der Waals surface area contributed by atoms with Gasteiger partial charge in [0.15, 0.2) is 0 Å². The molecule has 3 nitrogen and oxygen atoms in total. The highest BCUT2D eigenvalue weighted by Crippen LogP contribution is 2.21. The fourth-order valence-electron chi connectivity index (χ4n) is 1.76.